The lowest BCUT2D eigenvalue weighted by Gasteiger charge is -2.12. The molecule has 2 amide bonds. The van der Waals surface area contributed by atoms with E-state index in [0.717, 1.165) is 0 Å². The van der Waals surface area contributed by atoms with Crippen molar-refractivity contribution in [3.8, 4) is 0 Å². The molecule has 7 nitrogen and oxygen atoms in total. The fourth-order valence-corrected chi connectivity index (χ4v) is 3.54. The minimum Gasteiger partial charge on any atom is -0.336 e. The molecule has 1 aromatic heterocycles. The Bertz CT molecular complexity index is 497. The lowest BCUT2D eigenvalue weighted by Crippen LogP contribution is -2.43. The number of carbonyl (C=O) groups is 1. The molecular formula is C10H16N4O3S. The highest BCUT2D eigenvalue weighted by molar-refractivity contribution is 7.91. The smallest absolute Gasteiger partial charge is 0.315 e. The molecule has 1 fully saturated rings. The number of urea groups is 1. The molecule has 0 aromatic carbocycles. The van der Waals surface area contributed by atoms with Crippen molar-refractivity contribution in [2.75, 3.05) is 18.1 Å². The second-order valence-corrected chi connectivity index (χ2v) is 6.53. The van der Waals surface area contributed by atoms with Crippen LogP contribution in [0.25, 0.3) is 0 Å². The Balaban J connectivity index is 1.67. The molecule has 1 saturated heterocycles. The molecule has 1 aliphatic heterocycles. The third-order valence-electron chi connectivity index (χ3n) is 2.78. The van der Waals surface area contributed by atoms with Crippen LogP contribution in [0.5, 0.6) is 0 Å². The average Bonchev–Trinajstić information content (AvgIpc) is 2.88. The maximum Gasteiger partial charge on any atom is 0.315 e. The van der Waals surface area contributed by atoms with Gasteiger partial charge in [0.1, 0.15) is 0 Å². The van der Waals surface area contributed by atoms with E-state index in [1.807, 2.05) is 10.8 Å². The summed E-state index contributed by atoms with van der Waals surface area (Å²) in [6.45, 7) is 1.11. The minimum absolute atomic E-state index is 0.0436. The fraction of sp³-hybridized carbons (Fsp3) is 0.600. The average molecular weight is 272 g/mol. The molecule has 8 heteroatoms. The molecule has 0 spiro atoms. The summed E-state index contributed by atoms with van der Waals surface area (Å²) in [4.78, 5) is 15.4. The van der Waals surface area contributed by atoms with E-state index < -0.39 is 9.84 Å². The minimum atomic E-state index is -2.95. The van der Waals surface area contributed by atoms with E-state index in [0.29, 0.717) is 19.5 Å². The first-order valence-corrected chi connectivity index (χ1v) is 7.58. The van der Waals surface area contributed by atoms with Crippen molar-refractivity contribution in [3.05, 3.63) is 18.7 Å². The molecule has 2 heterocycles. The van der Waals surface area contributed by atoms with E-state index in [1.165, 1.54) is 0 Å². The van der Waals surface area contributed by atoms with Crippen LogP contribution < -0.4 is 10.6 Å². The number of sulfone groups is 1. The summed E-state index contributed by atoms with van der Waals surface area (Å²) in [5, 5.41) is 5.34. The fourth-order valence-electron chi connectivity index (χ4n) is 1.86. The Morgan fingerprint density at radius 1 is 1.50 bits per heavy atom. The number of nitrogens with zero attached hydrogens (tertiary/aromatic N) is 2. The van der Waals surface area contributed by atoms with Crippen LogP contribution in [-0.4, -0.2) is 48.1 Å². The third-order valence-corrected chi connectivity index (χ3v) is 4.55. The quantitative estimate of drug-likeness (QED) is 0.763. The van der Waals surface area contributed by atoms with Crippen LogP contribution in [0.15, 0.2) is 18.7 Å². The molecule has 0 bridgehead atoms. The first kappa shape index (κ1) is 12.9. The molecule has 1 atom stereocenters. The number of nitrogens with one attached hydrogen (secondary N) is 2. The topological polar surface area (TPSA) is 93.1 Å². The first-order chi connectivity index (χ1) is 8.55. The van der Waals surface area contributed by atoms with Gasteiger partial charge in [0.25, 0.3) is 0 Å². The lowest BCUT2D eigenvalue weighted by atomic mass is 10.3. The summed E-state index contributed by atoms with van der Waals surface area (Å²) in [6, 6.07) is -0.583. The number of hydrogen-bond acceptors (Lipinski definition) is 4. The van der Waals surface area contributed by atoms with E-state index >= 15 is 0 Å². The summed E-state index contributed by atoms with van der Waals surface area (Å²) < 4.78 is 24.3. The molecular weight excluding hydrogens is 256 g/mol. The van der Waals surface area contributed by atoms with Crippen molar-refractivity contribution in [2.24, 2.45) is 0 Å². The Morgan fingerprint density at radius 3 is 2.94 bits per heavy atom. The van der Waals surface area contributed by atoms with Gasteiger partial charge >= 0.3 is 6.03 Å². The number of rotatable bonds is 4. The van der Waals surface area contributed by atoms with E-state index in [2.05, 4.69) is 15.6 Å². The zero-order valence-electron chi connectivity index (χ0n) is 9.87. The van der Waals surface area contributed by atoms with Gasteiger partial charge in [-0.1, -0.05) is 0 Å². The van der Waals surface area contributed by atoms with Crippen LogP contribution in [0.3, 0.4) is 0 Å². The SMILES string of the molecule is O=C(NCCn1ccnc1)N[C@H]1CCS(=O)(=O)C1. The standard InChI is InChI=1S/C10H16N4O3S/c15-10(12-3-5-14-4-2-11-8-14)13-9-1-6-18(16,17)7-9/h2,4,8-9H,1,3,5-7H2,(H2,12,13,15)/t9-/m0/s1. The third kappa shape index (κ3) is 3.73. The molecule has 18 heavy (non-hydrogen) atoms. The van der Waals surface area contributed by atoms with Crippen molar-refractivity contribution >= 4 is 15.9 Å². The maximum absolute atomic E-state index is 11.5. The normalized spacial score (nSPS) is 21.7. The first-order valence-electron chi connectivity index (χ1n) is 5.76. The number of amides is 2. The van der Waals surface area contributed by atoms with Crippen LogP contribution in [0.2, 0.25) is 0 Å². The Kier molecular flexibility index (Phi) is 3.85. The number of imidazole rings is 1. The highest BCUT2D eigenvalue weighted by Gasteiger charge is 2.28. The predicted molar refractivity (Wildman–Crippen MR) is 65.8 cm³/mol. The van der Waals surface area contributed by atoms with E-state index in [-0.39, 0.29) is 23.6 Å². The van der Waals surface area contributed by atoms with Gasteiger partial charge in [0, 0.05) is 31.5 Å². The van der Waals surface area contributed by atoms with Crippen molar-refractivity contribution in [1.82, 2.24) is 20.2 Å². The molecule has 0 aliphatic carbocycles. The van der Waals surface area contributed by atoms with E-state index in [4.69, 9.17) is 0 Å². The maximum atomic E-state index is 11.5. The largest absolute Gasteiger partial charge is 0.336 e. The van der Waals surface area contributed by atoms with Gasteiger partial charge < -0.3 is 15.2 Å². The molecule has 2 N–H and O–H groups in total. The number of carbonyl (C=O) groups excluding carboxylic acids is 1. The van der Waals surface area contributed by atoms with E-state index in [9.17, 15) is 13.2 Å². The van der Waals surface area contributed by atoms with Crippen LogP contribution in [0.1, 0.15) is 6.42 Å². The molecule has 1 aliphatic rings. The molecule has 100 valence electrons. The van der Waals surface area contributed by atoms with Crippen molar-refractivity contribution in [1.29, 1.82) is 0 Å². The van der Waals surface area contributed by atoms with Crippen LogP contribution in [0, 0.1) is 0 Å². The summed E-state index contributed by atoms with van der Waals surface area (Å²) in [5.41, 5.74) is 0. The van der Waals surface area contributed by atoms with Crippen molar-refractivity contribution in [3.63, 3.8) is 0 Å². The van der Waals surface area contributed by atoms with Crippen LogP contribution in [-0.2, 0) is 16.4 Å². The molecule has 2 rings (SSSR count). The van der Waals surface area contributed by atoms with Crippen molar-refractivity contribution < 1.29 is 13.2 Å². The van der Waals surface area contributed by atoms with Crippen molar-refractivity contribution in [2.45, 2.75) is 19.0 Å². The zero-order valence-corrected chi connectivity index (χ0v) is 10.7. The monoisotopic (exact) mass is 272 g/mol. The summed E-state index contributed by atoms with van der Waals surface area (Å²) >= 11 is 0. The lowest BCUT2D eigenvalue weighted by molar-refractivity contribution is 0.237. The Hall–Kier alpha value is -1.57. The van der Waals surface area contributed by atoms with Gasteiger partial charge in [0.15, 0.2) is 9.84 Å². The van der Waals surface area contributed by atoms with Gasteiger partial charge in [-0.2, -0.15) is 0 Å². The Morgan fingerprint density at radius 2 is 2.33 bits per heavy atom. The highest BCUT2D eigenvalue weighted by atomic mass is 32.2. The number of aromatic nitrogens is 2. The summed E-state index contributed by atoms with van der Waals surface area (Å²) in [5.74, 6) is 0.203. The van der Waals surface area contributed by atoms with E-state index in [1.54, 1.807) is 12.5 Å². The van der Waals surface area contributed by atoms with Gasteiger partial charge in [-0.05, 0) is 6.42 Å². The zero-order chi connectivity index (χ0) is 13.0. The molecule has 0 radical (unpaired) electrons. The second kappa shape index (κ2) is 5.38. The predicted octanol–water partition coefficient (Wildman–Crippen LogP) is -0.631. The van der Waals surface area contributed by atoms with Gasteiger partial charge in [-0.15, -0.1) is 0 Å². The number of hydrogen-bond donors (Lipinski definition) is 2. The summed E-state index contributed by atoms with van der Waals surface area (Å²) in [7, 11) is -2.95. The molecule has 0 saturated carbocycles. The van der Waals surface area contributed by atoms with Crippen LogP contribution in [0.4, 0.5) is 4.79 Å². The van der Waals surface area contributed by atoms with Gasteiger partial charge in [0.05, 0.1) is 17.8 Å². The second-order valence-electron chi connectivity index (χ2n) is 4.30. The Labute approximate surface area is 106 Å². The summed E-state index contributed by atoms with van der Waals surface area (Å²) in [6.07, 6.45) is 5.65. The molecule has 1 aromatic rings. The van der Waals surface area contributed by atoms with Gasteiger partial charge in [-0.25, -0.2) is 18.2 Å². The van der Waals surface area contributed by atoms with Gasteiger partial charge in [0.2, 0.25) is 0 Å². The highest BCUT2D eigenvalue weighted by Crippen LogP contribution is 2.10. The van der Waals surface area contributed by atoms with Crippen LogP contribution >= 0.6 is 0 Å². The van der Waals surface area contributed by atoms with Gasteiger partial charge in [-0.3, -0.25) is 0 Å². The molecule has 0 unspecified atom stereocenters.